The van der Waals surface area contributed by atoms with Gasteiger partial charge in [0.1, 0.15) is 5.56 Å². The number of carbonyl (C=O) groups is 1. The highest BCUT2D eigenvalue weighted by atomic mass is 35.5. The number of nitrogens with zero attached hydrogens (tertiary/aromatic N) is 2. The van der Waals surface area contributed by atoms with Crippen molar-refractivity contribution in [1.29, 1.82) is 0 Å². The van der Waals surface area contributed by atoms with Gasteiger partial charge in [-0.3, -0.25) is 9.69 Å². The topological polar surface area (TPSA) is 97.8 Å². The number of hydrogen-bond donors (Lipinski definition) is 2. The van der Waals surface area contributed by atoms with Gasteiger partial charge in [-0.1, -0.05) is 0 Å². The van der Waals surface area contributed by atoms with Gasteiger partial charge in [-0.25, -0.2) is 4.79 Å². The summed E-state index contributed by atoms with van der Waals surface area (Å²) in [6.45, 7) is 1.91. The molecule has 0 radical (unpaired) electrons. The maximum atomic E-state index is 13.0. The second kappa shape index (κ2) is 9.75. The summed E-state index contributed by atoms with van der Waals surface area (Å²) in [6.07, 6.45) is 6.86. The highest BCUT2D eigenvalue weighted by Gasteiger charge is 2.35. The number of methoxy groups -OCH3 is 1. The van der Waals surface area contributed by atoms with Gasteiger partial charge in [-0.05, 0) is 55.9 Å². The quantitative estimate of drug-likeness (QED) is 0.492. The van der Waals surface area contributed by atoms with Crippen molar-refractivity contribution in [2.24, 2.45) is 5.73 Å². The van der Waals surface area contributed by atoms with Crippen LogP contribution in [0.4, 0.5) is 0 Å². The van der Waals surface area contributed by atoms with Gasteiger partial charge in [0.05, 0.1) is 18.0 Å². The lowest BCUT2D eigenvalue weighted by atomic mass is 9.89. The maximum absolute atomic E-state index is 13.0. The zero-order valence-corrected chi connectivity index (χ0v) is 21.8. The zero-order valence-electron chi connectivity index (χ0n) is 19.4. The SMILES string of the molecule is COc1c(-c2cc3c(s2)CCCC3N2CC(N)C2)ccc2c(=O)c(C(=O)O)cn(C3CC3)c12.Cl.Cl. The highest BCUT2D eigenvalue weighted by molar-refractivity contribution is 7.15. The Morgan fingerprint density at radius 3 is 2.57 bits per heavy atom. The van der Waals surface area contributed by atoms with Gasteiger partial charge >= 0.3 is 5.97 Å². The number of nitrogens with two attached hydrogens (primary N) is 1. The molecule has 1 aromatic carbocycles. The van der Waals surface area contributed by atoms with E-state index < -0.39 is 11.4 Å². The van der Waals surface area contributed by atoms with Crippen LogP contribution >= 0.6 is 36.2 Å². The number of likely N-dealkylation sites (tertiary alicyclic amines) is 1. The first-order chi connectivity index (χ1) is 16.0. The number of pyridine rings is 1. The number of aryl methyl sites for hydroxylation is 1. The molecule has 2 aliphatic carbocycles. The summed E-state index contributed by atoms with van der Waals surface area (Å²) in [5.41, 5.74) is 8.46. The van der Waals surface area contributed by atoms with E-state index in [0.29, 0.717) is 22.7 Å². The Morgan fingerprint density at radius 2 is 1.94 bits per heavy atom. The van der Waals surface area contributed by atoms with E-state index in [4.69, 9.17) is 10.5 Å². The van der Waals surface area contributed by atoms with Gasteiger partial charge in [-0.2, -0.15) is 0 Å². The van der Waals surface area contributed by atoms with E-state index in [2.05, 4.69) is 11.0 Å². The van der Waals surface area contributed by atoms with Crippen molar-refractivity contribution in [2.75, 3.05) is 20.2 Å². The third-order valence-electron chi connectivity index (χ3n) is 7.25. The summed E-state index contributed by atoms with van der Waals surface area (Å²) in [7, 11) is 1.63. The number of benzene rings is 1. The fourth-order valence-corrected chi connectivity index (χ4v) is 6.74. The number of aromatic carboxylic acids is 1. The van der Waals surface area contributed by atoms with Crippen molar-refractivity contribution < 1.29 is 14.6 Å². The second-order valence-electron chi connectivity index (χ2n) is 9.47. The van der Waals surface area contributed by atoms with Crippen LogP contribution in [0.1, 0.15) is 58.6 Å². The van der Waals surface area contributed by atoms with Crippen molar-refractivity contribution in [2.45, 2.75) is 50.2 Å². The molecule has 10 heteroatoms. The lowest BCUT2D eigenvalue weighted by molar-refractivity contribution is 0.0695. The van der Waals surface area contributed by atoms with Gasteiger partial charge in [0.25, 0.3) is 0 Å². The molecule has 1 aliphatic heterocycles. The molecule has 1 unspecified atom stereocenters. The number of carboxylic acids is 1. The largest absolute Gasteiger partial charge is 0.494 e. The molecule has 2 fully saturated rings. The van der Waals surface area contributed by atoms with Crippen LogP contribution in [0.3, 0.4) is 0 Å². The number of halogens is 2. The molecule has 2 aromatic heterocycles. The summed E-state index contributed by atoms with van der Waals surface area (Å²) < 4.78 is 7.86. The molecule has 1 saturated carbocycles. The smallest absolute Gasteiger partial charge is 0.341 e. The number of carboxylic acid groups (broad SMARTS) is 1. The first kappa shape index (κ1) is 26.0. The van der Waals surface area contributed by atoms with Crippen LogP contribution in [0.25, 0.3) is 21.3 Å². The summed E-state index contributed by atoms with van der Waals surface area (Å²) in [5, 5.41) is 9.96. The summed E-state index contributed by atoms with van der Waals surface area (Å²) in [6, 6.07) is 6.88. The Kier molecular flexibility index (Phi) is 7.23. The Hall–Kier alpha value is -2.10. The number of ether oxygens (including phenoxy) is 1. The second-order valence-corrected chi connectivity index (χ2v) is 10.6. The lowest BCUT2D eigenvalue weighted by Crippen LogP contribution is -2.56. The van der Waals surface area contributed by atoms with Crippen molar-refractivity contribution in [1.82, 2.24) is 9.47 Å². The molecular weight excluding hydrogens is 509 g/mol. The number of rotatable bonds is 5. The molecule has 3 aliphatic rings. The molecule has 0 spiro atoms. The number of hydrogen-bond acceptors (Lipinski definition) is 6. The van der Waals surface area contributed by atoms with E-state index in [1.807, 2.05) is 10.6 Å². The van der Waals surface area contributed by atoms with E-state index in [1.54, 1.807) is 24.5 Å². The van der Waals surface area contributed by atoms with E-state index in [1.165, 1.54) is 23.1 Å². The molecule has 0 amide bonds. The summed E-state index contributed by atoms with van der Waals surface area (Å²) in [5.74, 6) is -0.545. The number of fused-ring (bicyclic) bond motifs is 2. The van der Waals surface area contributed by atoms with Gasteiger partial charge in [0, 0.05) is 52.7 Å². The standard InChI is InChI=1S/C25H27N3O4S.2ClH/c1-32-24-15(21-9-17-19(27-10-13(26)11-27)3-2-4-20(17)33-21)7-8-16-22(24)28(14-5-6-14)12-18(23(16)29)25(30)31;;/h7-9,12-14,19H,2-6,10-11,26H2,1H3,(H,30,31);2*1H. The Morgan fingerprint density at radius 1 is 1.20 bits per heavy atom. The molecule has 188 valence electrons. The van der Waals surface area contributed by atoms with E-state index >= 15 is 0 Å². The Balaban J connectivity index is 0.00000144. The number of aromatic nitrogens is 1. The van der Waals surface area contributed by atoms with E-state index in [9.17, 15) is 14.7 Å². The van der Waals surface area contributed by atoms with Crippen LogP contribution in [-0.4, -0.2) is 46.8 Å². The molecule has 35 heavy (non-hydrogen) atoms. The molecule has 3 aromatic rings. The van der Waals surface area contributed by atoms with E-state index in [0.717, 1.165) is 49.2 Å². The molecular formula is C25H29Cl2N3O4S. The van der Waals surface area contributed by atoms with Crippen molar-refractivity contribution in [3.8, 4) is 16.2 Å². The fourth-order valence-electron chi connectivity index (χ4n) is 5.46. The van der Waals surface area contributed by atoms with Crippen LogP contribution in [0.15, 0.2) is 29.2 Å². The first-order valence-electron chi connectivity index (χ1n) is 11.6. The van der Waals surface area contributed by atoms with Crippen molar-refractivity contribution >= 4 is 53.0 Å². The Labute approximate surface area is 219 Å². The third-order valence-corrected chi connectivity index (χ3v) is 8.49. The highest BCUT2D eigenvalue weighted by Crippen LogP contribution is 2.47. The van der Waals surface area contributed by atoms with Gasteiger partial charge in [0.15, 0.2) is 5.75 Å². The molecule has 1 atom stereocenters. The molecule has 7 nitrogen and oxygen atoms in total. The summed E-state index contributed by atoms with van der Waals surface area (Å²) >= 11 is 1.81. The molecule has 3 heterocycles. The predicted octanol–water partition coefficient (Wildman–Crippen LogP) is 4.64. The van der Waals surface area contributed by atoms with Crippen molar-refractivity contribution in [3.63, 3.8) is 0 Å². The van der Waals surface area contributed by atoms with Crippen LogP contribution in [0.2, 0.25) is 0 Å². The number of thiophene rings is 1. The van der Waals surface area contributed by atoms with Gasteiger partial charge in [0.2, 0.25) is 5.43 Å². The van der Waals surface area contributed by atoms with Gasteiger partial charge < -0.3 is 20.1 Å². The summed E-state index contributed by atoms with van der Waals surface area (Å²) in [4.78, 5) is 29.7. The maximum Gasteiger partial charge on any atom is 0.341 e. The van der Waals surface area contributed by atoms with Crippen LogP contribution < -0.4 is 15.9 Å². The van der Waals surface area contributed by atoms with Crippen LogP contribution in [-0.2, 0) is 6.42 Å². The van der Waals surface area contributed by atoms with Crippen LogP contribution in [0.5, 0.6) is 5.75 Å². The third kappa shape index (κ3) is 4.25. The van der Waals surface area contributed by atoms with E-state index in [-0.39, 0.29) is 42.5 Å². The molecule has 0 bridgehead atoms. The zero-order chi connectivity index (χ0) is 22.9. The van der Waals surface area contributed by atoms with Gasteiger partial charge in [-0.15, -0.1) is 36.2 Å². The molecule has 1 saturated heterocycles. The monoisotopic (exact) mass is 537 g/mol. The van der Waals surface area contributed by atoms with Crippen molar-refractivity contribution in [3.05, 3.63) is 50.6 Å². The minimum atomic E-state index is -1.19. The first-order valence-corrected chi connectivity index (χ1v) is 12.4. The average molecular weight is 538 g/mol. The fraction of sp³-hybridized carbons (Fsp3) is 0.440. The normalized spacial score (nSPS) is 19.9. The predicted molar refractivity (Wildman–Crippen MR) is 143 cm³/mol. The molecule has 3 N–H and O–H groups in total. The van der Waals surface area contributed by atoms with Crippen LogP contribution in [0, 0.1) is 0 Å². The minimum Gasteiger partial charge on any atom is -0.494 e. The lowest BCUT2D eigenvalue weighted by Gasteiger charge is -2.44. The Bertz CT molecular complexity index is 1340. The molecule has 6 rings (SSSR count). The minimum absolute atomic E-state index is 0. The average Bonchev–Trinajstić information content (AvgIpc) is 3.53.